The van der Waals surface area contributed by atoms with Crippen LogP contribution in [0.5, 0.6) is 0 Å². The minimum atomic E-state index is 0.870. The second-order valence-electron chi connectivity index (χ2n) is 2.75. The van der Waals surface area contributed by atoms with E-state index in [1.165, 1.54) is 12.8 Å². The maximum atomic E-state index is 2.31. The van der Waals surface area contributed by atoms with Gasteiger partial charge in [-0.2, -0.15) is 0 Å². The fourth-order valence-corrected chi connectivity index (χ4v) is 1.53. The summed E-state index contributed by atoms with van der Waals surface area (Å²) in [5, 5.41) is 0. The summed E-state index contributed by atoms with van der Waals surface area (Å²) in [7, 11) is 0. The molecule has 0 aliphatic heterocycles. The molecule has 0 fully saturated rings. The van der Waals surface area contributed by atoms with E-state index in [0.29, 0.717) is 0 Å². The second-order valence-corrected chi connectivity index (χ2v) is 2.75. The lowest BCUT2D eigenvalue weighted by Gasteiger charge is -2.09. The van der Waals surface area contributed by atoms with Gasteiger partial charge in [0, 0.05) is 0 Å². The van der Waals surface area contributed by atoms with Gasteiger partial charge in [-0.25, -0.2) is 0 Å². The van der Waals surface area contributed by atoms with Crippen molar-refractivity contribution < 1.29 is 0 Å². The molecule has 2 aliphatic rings. The van der Waals surface area contributed by atoms with E-state index < -0.39 is 0 Å². The van der Waals surface area contributed by atoms with Crippen LogP contribution in [0.25, 0.3) is 0 Å². The van der Waals surface area contributed by atoms with E-state index in [9.17, 15) is 0 Å². The Kier molecular flexibility index (Phi) is 0.682. The van der Waals surface area contributed by atoms with Crippen LogP contribution in [0.15, 0.2) is 23.3 Å². The van der Waals surface area contributed by atoms with Gasteiger partial charge in [0.05, 0.1) is 0 Å². The van der Waals surface area contributed by atoms with Gasteiger partial charge in [0.2, 0.25) is 0 Å². The summed E-state index contributed by atoms with van der Waals surface area (Å²) in [6.07, 6.45) is 7.23. The third-order valence-corrected chi connectivity index (χ3v) is 2.21. The molecule has 0 amide bonds. The van der Waals surface area contributed by atoms with Crippen LogP contribution in [0, 0.1) is 5.92 Å². The summed E-state index contributed by atoms with van der Waals surface area (Å²) >= 11 is 0. The number of allylic oxidation sites excluding steroid dienone is 4. The first-order valence-corrected chi connectivity index (χ1v) is 3.29. The standard InChI is InChI=1S/C8H10/c1-6-2-3-7-4-5-8(6)7/h4-6H,2-3H2,1H3. The smallest absolute Gasteiger partial charge is 0.0184 e. The molecule has 0 saturated carbocycles. The molecule has 2 aliphatic carbocycles. The molecule has 0 N–H and O–H groups in total. The number of rotatable bonds is 0. The van der Waals surface area contributed by atoms with Gasteiger partial charge >= 0.3 is 0 Å². The fraction of sp³-hybridized carbons (Fsp3) is 0.500. The van der Waals surface area contributed by atoms with Crippen molar-refractivity contribution in [2.24, 2.45) is 5.92 Å². The summed E-state index contributed by atoms with van der Waals surface area (Å²) < 4.78 is 0. The van der Waals surface area contributed by atoms with Gasteiger partial charge in [0.1, 0.15) is 0 Å². The van der Waals surface area contributed by atoms with E-state index in [0.717, 1.165) is 5.92 Å². The van der Waals surface area contributed by atoms with Crippen molar-refractivity contribution in [1.29, 1.82) is 0 Å². The Hall–Kier alpha value is -0.520. The first-order valence-electron chi connectivity index (χ1n) is 3.29. The Labute approximate surface area is 49.9 Å². The Morgan fingerprint density at radius 1 is 1.50 bits per heavy atom. The SMILES string of the molecule is CC1CCC2=C1C=C2. The molecule has 0 aromatic rings. The molecular formula is C8H10. The highest BCUT2D eigenvalue weighted by atomic mass is 14.3. The van der Waals surface area contributed by atoms with Crippen molar-refractivity contribution >= 4 is 0 Å². The van der Waals surface area contributed by atoms with E-state index >= 15 is 0 Å². The van der Waals surface area contributed by atoms with E-state index in [4.69, 9.17) is 0 Å². The monoisotopic (exact) mass is 106 g/mol. The van der Waals surface area contributed by atoms with Crippen molar-refractivity contribution in [3.8, 4) is 0 Å². The van der Waals surface area contributed by atoms with Gasteiger partial charge < -0.3 is 0 Å². The lowest BCUT2D eigenvalue weighted by atomic mass is 9.96. The summed E-state index contributed by atoms with van der Waals surface area (Å²) in [5.74, 6) is 0.870. The molecule has 0 aromatic carbocycles. The van der Waals surface area contributed by atoms with Gasteiger partial charge in [-0.15, -0.1) is 0 Å². The molecule has 1 atom stereocenters. The summed E-state index contributed by atoms with van der Waals surface area (Å²) in [5.41, 5.74) is 3.25. The molecule has 2 rings (SSSR count). The predicted octanol–water partition coefficient (Wildman–Crippen LogP) is 2.28. The molecular weight excluding hydrogens is 96.1 g/mol. The van der Waals surface area contributed by atoms with Crippen LogP contribution in [-0.4, -0.2) is 0 Å². The maximum Gasteiger partial charge on any atom is -0.0184 e. The summed E-state index contributed by atoms with van der Waals surface area (Å²) in [6, 6.07) is 0. The molecule has 0 heteroatoms. The third-order valence-electron chi connectivity index (χ3n) is 2.21. The zero-order valence-electron chi connectivity index (χ0n) is 5.15. The van der Waals surface area contributed by atoms with Crippen LogP contribution < -0.4 is 0 Å². The zero-order chi connectivity index (χ0) is 5.56. The molecule has 0 aromatic heterocycles. The molecule has 0 nitrogen and oxygen atoms in total. The molecule has 0 saturated heterocycles. The van der Waals surface area contributed by atoms with E-state index in [1.54, 1.807) is 11.1 Å². The van der Waals surface area contributed by atoms with E-state index in [-0.39, 0.29) is 0 Å². The third kappa shape index (κ3) is 0.360. The van der Waals surface area contributed by atoms with E-state index in [2.05, 4.69) is 19.1 Å². The van der Waals surface area contributed by atoms with Crippen LogP contribution in [0.3, 0.4) is 0 Å². The van der Waals surface area contributed by atoms with Gasteiger partial charge in [0.15, 0.2) is 0 Å². The maximum absolute atomic E-state index is 2.31. The Morgan fingerprint density at radius 2 is 2.38 bits per heavy atom. The number of hydrogen-bond donors (Lipinski definition) is 0. The first kappa shape index (κ1) is 4.37. The Morgan fingerprint density at radius 3 is 2.62 bits per heavy atom. The lowest BCUT2D eigenvalue weighted by molar-refractivity contribution is 0.683. The largest absolute Gasteiger partial charge is 0.0585 e. The molecule has 0 radical (unpaired) electrons. The molecule has 0 spiro atoms. The molecule has 8 heavy (non-hydrogen) atoms. The Bertz CT molecular complexity index is 172. The summed E-state index contributed by atoms with van der Waals surface area (Å²) in [4.78, 5) is 0. The van der Waals surface area contributed by atoms with Gasteiger partial charge in [0.25, 0.3) is 0 Å². The number of hydrogen-bond acceptors (Lipinski definition) is 0. The van der Waals surface area contributed by atoms with Crippen LogP contribution in [0.4, 0.5) is 0 Å². The fourth-order valence-electron chi connectivity index (χ4n) is 1.53. The van der Waals surface area contributed by atoms with Crippen LogP contribution in [0.2, 0.25) is 0 Å². The molecule has 42 valence electrons. The highest BCUT2D eigenvalue weighted by molar-refractivity contribution is 5.48. The van der Waals surface area contributed by atoms with Crippen molar-refractivity contribution in [3.05, 3.63) is 23.3 Å². The molecule has 0 heterocycles. The normalized spacial score (nSPS) is 32.9. The van der Waals surface area contributed by atoms with Crippen LogP contribution in [0.1, 0.15) is 19.8 Å². The van der Waals surface area contributed by atoms with Crippen LogP contribution >= 0.6 is 0 Å². The predicted molar refractivity (Wildman–Crippen MR) is 34.6 cm³/mol. The molecule has 0 bridgehead atoms. The topological polar surface area (TPSA) is 0 Å². The van der Waals surface area contributed by atoms with Crippen molar-refractivity contribution in [3.63, 3.8) is 0 Å². The van der Waals surface area contributed by atoms with Crippen molar-refractivity contribution in [1.82, 2.24) is 0 Å². The van der Waals surface area contributed by atoms with E-state index in [1.807, 2.05) is 0 Å². The minimum Gasteiger partial charge on any atom is -0.0585 e. The van der Waals surface area contributed by atoms with Crippen molar-refractivity contribution in [2.45, 2.75) is 19.8 Å². The average molecular weight is 106 g/mol. The Balaban J connectivity index is 2.28. The summed E-state index contributed by atoms with van der Waals surface area (Å²) in [6.45, 7) is 2.31. The average Bonchev–Trinajstić information content (AvgIpc) is 1.80. The zero-order valence-corrected chi connectivity index (χ0v) is 5.15. The minimum absolute atomic E-state index is 0.870. The quantitative estimate of drug-likeness (QED) is 0.444. The lowest BCUT2D eigenvalue weighted by Crippen LogP contribution is -1.93. The van der Waals surface area contributed by atoms with Crippen molar-refractivity contribution in [2.75, 3.05) is 0 Å². The van der Waals surface area contributed by atoms with Gasteiger partial charge in [-0.05, 0) is 29.9 Å². The highest BCUT2D eigenvalue weighted by Crippen LogP contribution is 2.38. The second kappa shape index (κ2) is 1.25. The van der Waals surface area contributed by atoms with Gasteiger partial charge in [-0.3, -0.25) is 0 Å². The highest BCUT2D eigenvalue weighted by Gasteiger charge is 2.22. The van der Waals surface area contributed by atoms with Gasteiger partial charge in [-0.1, -0.05) is 19.1 Å². The molecule has 1 unspecified atom stereocenters. The first-order chi connectivity index (χ1) is 3.88. The van der Waals surface area contributed by atoms with Crippen LogP contribution in [-0.2, 0) is 0 Å².